The number of rotatable bonds is 4. The molecule has 0 aliphatic carbocycles. The van der Waals surface area contributed by atoms with Gasteiger partial charge in [-0.3, -0.25) is 4.79 Å². The van der Waals surface area contributed by atoms with Gasteiger partial charge in [0, 0.05) is 19.4 Å². The second-order valence-corrected chi connectivity index (χ2v) is 7.19. The van der Waals surface area contributed by atoms with Crippen LogP contribution in [-0.4, -0.2) is 34.9 Å². The summed E-state index contributed by atoms with van der Waals surface area (Å²) in [6.45, 7) is 2.53. The highest BCUT2D eigenvalue weighted by atomic mass is 19.4. The summed E-state index contributed by atoms with van der Waals surface area (Å²) in [5.74, 6) is -0.0587. The number of carbonyl (C=O) groups is 1. The van der Waals surface area contributed by atoms with Gasteiger partial charge in [0.25, 0.3) is 5.91 Å². The summed E-state index contributed by atoms with van der Waals surface area (Å²) in [6, 6.07) is 11.2. The smallest absolute Gasteiger partial charge is 0.406 e. The number of pyridine rings is 1. The maximum Gasteiger partial charge on any atom is 0.573 e. The molecule has 0 bridgehead atoms. The number of alkyl halides is 3. The minimum Gasteiger partial charge on any atom is -0.406 e. The summed E-state index contributed by atoms with van der Waals surface area (Å²) in [7, 11) is 0. The van der Waals surface area contributed by atoms with Crippen LogP contribution in [0.2, 0.25) is 0 Å². The van der Waals surface area contributed by atoms with Crippen LogP contribution in [0.25, 0.3) is 5.52 Å². The summed E-state index contributed by atoms with van der Waals surface area (Å²) in [5, 5.41) is 3.03. The number of ether oxygens (including phenoxy) is 2. The zero-order valence-corrected chi connectivity index (χ0v) is 16.2. The number of amides is 1. The zero-order chi connectivity index (χ0) is 21.4. The Kier molecular flexibility index (Phi) is 5.15. The van der Waals surface area contributed by atoms with E-state index in [1.165, 1.54) is 18.2 Å². The van der Waals surface area contributed by atoms with E-state index in [-0.39, 0.29) is 11.4 Å². The van der Waals surface area contributed by atoms with Crippen molar-refractivity contribution in [3.05, 3.63) is 65.7 Å². The van der Waals surface area contributed by atoms with Crippen molar-refractivity contribution in [1.82, 2.24) is 14.7 Å². The standard InChI is InChI=1S/C21H20F3N3O3/c1-14-25-18(17-7-2-3-10-27(14)17)19(28)26-20(8-11-29-12-9-20)15-5-4-6-16(13-15)30-21(22,23)24/h2-7,10,13H,8-9,11-12H2,1H3,(H,26,28). The molecule has 0 unspecified atom stereocenters. The van der Waals surface area contributed by atoms with E-state index in [0.29, 0.717) is 43.0 Å². The third-order valence-electron chi connectivity index (χ3n) is 5.26. The highest BCUT2D eigenvalue weighted by Gasteiger charge is 2.38. The third kappa shape index (κ3) is 3.97. The van der Waals surface area contributed by atoms with Crippen molar-refractivity contribution in [2.75, 3.05) is 13.2 Å². The number of aryl methyl sites for hydroxylation is 1. The molecule has 1 saturated heterocycles. The molecule has 0 atom stereocenters. The fraction of sp³-hybridized carbons (Fsp3) is 0.333. The molecule has 158 valence electrons. The number of halogens is 3. The highest BCUT2D eigenvalue weighted by molar-refractivity contribution is 5.99. The first-order valence-electron chi connectivity index (χ1n) is 9.48. The second kappa shape index (κ2) is 7.64. The Balaban J connectivity index is 1.69. The fourth-order valence-corrected chi connectivity index (χ4v) is 3.83. The molecule has 1 N–H and O–H groups in total. The van der Waals surface area contributed by atoms with Crippen molar-refractivity contribution >= 4 is 11.4 Å². The molecule has 1 aliphatic rings. The van der Waals surface area contributed by atoms with E-state index in [4.69, 9.17) is 4.74 Å². The van der Waals surface area contributed by atoms with Crippen LogP contribution in [0.4, 0.5) is 13.2 Å². The largest absolute Gasteiger partial charge is 0.573 e. The first kappa shape index (κ1) is 20.2. The lowest BCUT2D eigenvalue weighted by atomic mass is 9.82. The van der Waals surface area contributed by atoms with E-state index in [9.17, 15) is 18.0 Å². The number of aromatic nitrogens is 2. The van der Waals surface area contributed by atoms with Gasteiger partial charge in [-0.25, -0.2) is 4.98 Å². The minimum absolute atomic E-state index is 0.265. The number of nitrogens with one attached hydrogen (secondary N) is 1. The molecule has 30 heavy (non-hydrogen) atoms. The fourth-order valence-electron chi connectivity index (χ4n) is 3.83. The average molecular weight is 419 g/mol. The molecule has 1 aromatic carbocycles. The lowest BCUT2D eigenvalue weighted by molar-refractivity contribution is -0.274. The zero-order valence-electron chi connectivity index (χ0n) is 16.2. The third-order valence-corrected chi connectivity index (χ3v) is 5.26. The molecule has 0 saturated carbocycles. The van der Waals surface area contributed by atoms with Crippen molar-refractivity contribution in [3.63, 3.8) is 0 Å². The van der Waals surface area contributed by atoms with E-state index in [1.54, 1.807) is 19.1 Å². The molecule has 3 aromatic rings. The van der Waals surface area contributed by atoms with Gasteiger partial charge in [-0.15, -0.1) is 13.2 Å². The molecule has 2 aromatic heterocycles. The maximum atomic E-state index is 13.2. The van der Waals surface area contributed by atoms with Gasteiger partial charge in [0.1, 0.15) is 11.6 Å². The molecule has 4 rings (SSSR count). The van der Waals surface area contributed by atoms with Gasteiger partial charge < -0.3 is 19.2 Å². The van der Waals surface area contributed by atoms with Gasteiger partial charge in [0.2, 0.25) is 0 Å². The average Bonchev–Trinajstić information content (AvgIpc) is 3.05. The monoisotopic (exact) mass is 419 g/mol. The Morgan fingerprint density at radius 1 is 1.20 bits per heavy atom. The van der Waals surface area contributed by atoms with Crippen LogP contribution in [0.15, 0.2) is 48.7 Å². The maximum absolute atomic E-state index is 13.2. The van der Waals surface area contributed by atoms with E-state index < -0.39 is 17.8 Å². The van der Waals surface area contributed by atoms with Crippen molar-refractivity contribution < 1.29 is 27.4 Å². The Hall–Kier alpha value is -3.07. The molecule has 0 radical (unpaired) electrons. The topological polar surface area (TPSA) is 64.9 Å². The normalized spacial score (nSPS) is 16.4. The van der Waals surface area contributed by atoms with Gasteiger partial charge in [-0.05, 0) is 49.6 Å². The Labute approximate surface area is 170 Å². The predicted octanol–water partition coefficient (Wildman–Crippen LogP) is 3.98. The molecule has 3 heterocycles. The number of carbonyl (C=O) groups excluding carboxylic acids is 1. The number of fused-ring (bicyclic) bond motifs is 1. The van der Waals surface area contributed by atoms with Crippen LogP contribution in [0, 0.1) is 6.92 Å². The first-order chi connectivity index (χ1) is 14.3. The minimum atomic E-state index is -4.79. The van der Waals surface area contributed by atoms with Crippen LogP contribution >= 0.6 is 0 Å². The van der Waals surface area contributed by atoms with Gasteiger partial charge in [-0.2, -0.15) is 0 Å². The van der Waals surface area contributed by atoms with Crippen LogP contribution in [0.1, 0.15) is 34.7 Å². The predicted molar refractivity (Wildman–Crippen MR) is 102 cm³/mol. The molecule has 1 fully saturated rings. The van der Waals surface area contributed by atoms with Crippen molar-refractivity contribution in [1.29, 1.82) is 0 Å². The lowest BCUT2D eigenvalue weighted by Crippen LogP contribution is -2.49. The van der Waals surface area contributed by atoms with Crippen LogP contribution in [0.3, 0.4) is 0 Å². The summed E-state index contributed by atoms with van der Waals surface area (Å²) >= 11 is 0. The van der Waals surface area contributed by atoms with Crippen molar-refractivity contribution in [2.24, 2.45) is 0 Å². The summed E-state index contributed by atoms with van der Waals surface area (Å²) < 4.78 is 49.3. The molecule has 1 amide bonds. The summed E-state index contributed by atoms with van der Waals surface area (Å²) in [4.78, 5) is 17.6. The van der Waals surface area contributed by atoms with Crippen LogP contribution in [-0.2, 0) is 10.3 Å². The van der Waals surface area contributed by atoms with Crippen molar-refractivity contribution in [3.8, 4) is 5.75 Å². The Bertz CT molecular complexity index is 1070. The molecule has 9 heteroatoms. The number of imidazole rings is 1. The van der Waals surface area contributed by atoms with Gasteiger partial charge in [-0.1, -0.05) is 18.2 Å². The van der Waals surface area contributed by atoms with Crippen LogP contribution in [0.5, 0.6) is 5.75 Å². The van der Waals surface area contributed by atoms with E-state index in [0.717, 1.165) is 0 Å². The Morgan fingerprint density at radius 3 is 2.70 bits per heavy atom. The lowest BCUT2D eigenvalue weighted by Gasteiger charge is -2.38. The number of nitrogens with zero attached hydrogens (tertiary/aromatic N) is 2. The van der Waals surface area contributed by atoms with Gasteiger partial charge in [0.15, 0.2) is 5.69 Å². The highest BCUT2D eigenvalue weighted by Crippen LogP contribution is 2.35. The van der Waals surface area contributed by atoms with E-state index >= 15 is 0 Å². The number of hydrogen-bond acceptors (Lipinski definition) is 4. The molecule has 1 aliphatic heterocycles. The molecular weight excluding hydrogens is 399 g/mol. The van der Waals surface area contributed by atoms with Gasteiger partial charge in [0.05, 0.1) is 11.1 Å². The van der Waals surface area contributed by atoms with E-state index in [1.807, 2.05) is 22.7 Å². The van der Waals surface area contributed by atoms with E-state index in [2.05, 4.69) is 15.0 Å². The van der Waals surface area contributed by atoms with Crippen LogP contribution < -0.4 is 10.1 Å². The first-order valence-corrected chi connectivity index (χ1v) is 9.48. The quantitative estimate of drug-likeness (QED) is 0.695. The summed E-state index contributed by atoms with van der Waals surface area (Å²) in [6.07, 6.45) is -2.15. The number of benzene rings is 1. The SMILES string of the molecule is Cc1nc(C(=O)NC2(c3cccc(OC(F)(F)F)c3)CCOCC2)c2ccccn12. The molecule has 6 nitrogen and oxygen atoms in total. The summed E-state index contributed by atoms with van der Waals surface area (Å²) in [5.41, 5.74) is 0.561. The number of hydrogen-bond donors (Lipinski definition) is 1. The second-order valence-electron chi connectivity index (χ2n) is 7.19. The molecule has 0 spiro atoms. The molecular formula is C21H20F3N3O3. The van der Waals surface area contributed by atoms with Gasteiger partial charge >= 0.3 is 6.36 Å². The van der Waals surface area contributed by atoms with Crippen molar-refractivity contribution in [2.45, 2.75) is 31.7 Å². The Morgan fingerprint density at radius 2 is 1.97 bits per heavy atom.